The molecule has 1 unspecified atom stereocenters. The van der Waals surface area contributed by atoms with Crippen LogP contribution in [-0.4, -0.2) is 57.2 Å². The largest absolute Gasteiger partial charge is 0.393 e. The summed E-state index contributed by atoms with van der Waals surface area (Å²) >= 11 is 0. The molecule has 2 saturated carbocycles. The summed E-state index contributed by atoms with van der Waals surface area (Å²) in [5.41, 5.74) is 2.76. The van der Waals surface area contributed by atoms with Crippen LogP contribution in [0.5, 0.6) is 0 Å². The van der Waals surface area contributed by atoms with E-state index in [0.717, 1.165) is 51.0 Å². The maximum atomic E-state index is 11.8. The molecule has 11 atom stereocenters. The molecule has 6 aliphatic rings. The Morgan fingerprint density at radius 1 is 0.903 bits per heavy atom. The first-order valence-electron chi connectivity index (χ1n) is 13.2. The van der Waals surface area contributed by atoms with E-state index < -0.39 is 5.60 Å². The molecule has 0 aromatic carbocycles. The minimum Gasteiger partial charge on any atom is -0.393 e. The Kier molecular flexibility index (Phi) is 4.80. The molecule has 31 heavy (non-hydrogen) atoms. The SMILES string of the molecule is C[C@@H]1CC[C@@H]2N(C1)C[C@H]1[C@@H]3CC4=C(C[C@@H](O)[C@H]5C[C@H](O)CC[C@]45C)[C@@H]3CC[C@@H]1C2(C)O. The summed E-state index contributed by atoms with van der Waals surface area (Å²) in [6.45, 7) is 9.24. The van der Waals surface area contributed by atoms with Gasteiger partial charge >= 0.3 is 0 Å². The summed E-state index contributed by atoms with van der Waals surface area (Å²) in [4.78, 5) is 2.66. The molecule has 0 amide bonds. The van der Waals surface area contributed by atoms with Gasteiger partial charge in [-0.15, -0.1) is 0 Å². The van der Waals surface area contributed by atoms with Gasteiger partial charge in [0.2, 0.25) is 0 Å². The van der Waals surface area contributed by atoms with E-state index >= 15 is 0 Å². The Labute approximate surface area is 188 Å². The number of hydrogen-bond acceptors (Lipinski definition) is 4. The average Bonchev–Trinajstić information content (AvgIpc) is 3.09. The van der Waals surface area contributed by atoms with Crippen molar-refractivity contribution in [1.29, 1.82) is 0 Å². The maximum Gasteiger partial charge on any atom is 0.0805 e. The van der Waals surface area contributed by atoms with E-state index in [2.05, 4.69) is 25.7 Å². The number of hydrogen-bond donors (Lipinski definition) is 3. The normalized spacial score (nSPS) is 56.9. The van der Waals surface area contributed by atoms with Gasteiger partial charge in [0.1, 0.15) is 0 Å². The van der Waals surface area contributed by atoms with Crippen molar-refractivity contribution in [1.82, 2.24) is 4.90 Å². The van der Waals surface area contributed by atoms with Gasteiger partial charge in [-0.1, -0.05) is 25.0 Å². The molecule has 2 saturated heterocycles. The molecule has 0 spiro atoms. The molecule has 4 fully saturated rings. The third kappa shape index (κ3) is 2.93. The summed E-state index contributed by atoms with van der Waals surface area (Å²) in [6, 6.07) is 0.342. The van der Waals surface area contributed by atoms with Crippen molar-refractivity contribution < 1.29 is 15.3 Å². The van der Waals surface area contributed by atoms with Crippen molar-refractivity contribution in [3.8, 4) is 0 Å². The fourth-order valence-corrected chi connectivity index (χ4v) is 9.84. The lowest BCUT2D eigenvalue weighted by molar-refractivity contribution is -0.173. The second-order valence-corrected chi connectivity index (χ2v) is 12.9. The van der Waals surface area contributed by atoms with Gasteiger partial charge in [0, 0.05) is 19.1 Å². The molecule has 3 N–H and O–H groups in total. The zero-order chi connectivity index (χ0) is 21.7. The zero-order valence-corrected chi connectivity index (χ0v) is 19.8. The van der Waals surface area contributed by atoms with Gasteiger partial charge in [-0.25, -0.2) is 0 Å². The van der Waals surface area contributed by atoms with Crippen LogP contribution in [-0.2, 0) is 0 Å². The molecule has 0 aromatic rings. The van der Waals surface area contributed by atoms with Crippen LogP contribution in [0.1, 0.15) is 78.6 Å². The van der Waals surface area contributed by atoms with Crippen LogP contribution >= 0.6 is 0 Å². The molecule has 4 nitrogen and oxygen atoms in total. The minimum absolute atomic E-state index is 0.0679. The molecular formula is C27H43NO3. The monoisotopic (exact) mass is 429 g/mol. The summed E-state index contributed by atoms with van der Waals surface area (Å²) < 4.78 is 0. The fraction of sp³-hybridized carbons (Fsp3) is 0.926. The van der Waals surface area contributed by atoms with Crippen LogP contribution in [0, 0.1) is 40.9 Å². The molecule has 174 valence electrons. The van der Waals surface area contributed by atoms with E-state index in [9.17, 15) is 15.3 Å². The van der Waals surface area contributed by atoms with E-state index in [1.165, 1.54) is 25.8 Å². The van der Waals surface area contributed by atoms with Crippen molar-refractivity contribution in [2.75, 3.05) is 13.1 Å². The molecule has 2 heterocycles. The number of rotatable bonds is 0. The number of aliphatic hydroxyl groups excluding tert-OH is 2. The van der Waals surface area contributed by atoms with Gasteiger partial charge in [0.25, 0.3) is 0 Å². The third-order valence-electron chi connectivity index (χ3n) is 11.4. The first-order chi connectivity index (χ1) is 14.7. The molecule has 4 aliphatic carbocycles. The summed E-state index contributed by atoms with van der Waals surface area (Å²) in [7, 11) is 0. The zero-order valence-electron chi connectivity index (χ0n) is 19.8. The molecule has 6 rings (SSSR count). The van der Waals surface area contributed by atoms with E-state index in [4.69, 9.17) is 0 Å². The highest BCUT2D eigenvalue weighted by Gasteiger charge is 2.60. The van der Waals surface area contributed by atoms with Gasteiger partial charge in [0.05, 0.1) is 17.8 Å². The van der Waals surface area contributed by atoms with Crippen molar-refractivity contribution in [2.45, 2.75) is 102 Å². The maximum absolute atomic E-state index is 11.8. The molecule has 0 aromatic heterocycles. The minimum atomic E-state index is -0.571. The second kappa shape index (κ2) is 7.04. The molecule has 4 heteroatoms. The van der Waals surface area contributed by atoms with Gasteiger partial charge in [-0.3, -0.25) is 4.90 Å². The Morgan fingerprint density at radius 3 is 2.52 bits per heavy atom. The van der Waals surface area contributed by atoms with Crippen LogP contribution in [0.15, 0.2) is 11.1 Å². The second-order valence-electron chi connectivity index (χ2n) is 12.9. The highest BCUT2D eigenvalue weighted by Crippen LogP contribution is 2.64. The lowest BCUT2D eigenvalue weighted by Crippen LogP contribution is -2.67. The quantitative estimate of drug-likeness (QED) is 0.513. The number of nitrogens with zero attached hydrogens (tertiary/aromatic N) is 1. The standard InChI is InChI=1S/C27H43NO3/c1-15-4-7-25-27(3,31)21-6-5-17-18(20(21)14-28(25)13-15)11-22-19(17)12-24(30)23-10-16(29)8-9-26(22,23)2/h15-18,20-21,23-25,29-31H,4-14H2,1-3H3/t15-,16-,17-,18-,20+,21+,23-,24-,25+,26-,27?/m1/s1. The highest BCUT2D eigenvalue weighted by molar-refractivity contribution is 5.37. The van der Waals surface area contributed by atoms with Gasteiger partial charge in [-0.2, -0.15) is 0 Å². The van der Waals surface area contributed by atoms with Crippen molar-refractivity contribution in [3.63, 3.8) is 0 Å². The topological polar surface area (TPSA) is 63.9 Å². The molecule has 0 bridgehead atoms. The molecular weight excluding hydrogens is 386 g/mol. The predicted molar refractivity (Wildman–Crippen MR) is 121 cm³/mol. The average molecular weight is 430 g/mol. The summed E-state index contributed by atoms with van der Waals surface area (Å²) in [6.07, 6.45) is 8.87. The number of allylic oxidation sites excluding steroid dienone is 1. The van der Waals surface area contributed by atoms with Crippen molar-refractivity contribution in [2.24, 2.45) is 40.9 Å². The first-order valence-corrected chi connectivity index (χ1v) is 13.2. The van der Waals surface area contributed by atoms with E-state index in [1.807, 2.05) is 0 Å². The number of piperidine rings is 2. The van der Waals surface area contributed by atoms with Crippen LogP contribution in [0.4, 0.5) is 0 Å². The Morgan fingerprint density at radius 2 is 1.71 bits per heavy atom. The van der Waals surface area contributed by atoms with E-state index in [0.29, 0.717) is 29.7 Å². The molecule has 0 radical (unpaired) electrons. The van der Waals surface area contributed by atoms with Crippen molar-refractivity contribution in [3.05, 3.63) is 11.1 Å². The van der Waals surface area contributed by atoms with Gasteiger partial charge in [0.15, 0.2) is 0 Å². The van der Waals surface area contributed by atoms with Gasteiger partial charge < -0.3 is 15.3 Å². The smallest absolute Gasteiger partial charge is 0.0805 e. The number of aliphatic hydroxyl groups is 3. The summed E-state index contributed by atoms with van der Waals surface area (Å²) in [5, 5.41) is 33.3. The summed E-state index contributed by atoms with van der Waals surface area (Å²) in [5.74, 6) is 3.21. The van der Waals surface area contributed by atoms with Crippen LogP contribution in [0.3, 0.4) is 0 Å². The fourth-order valence-electron chi connectivity index (χ4n) is 9.84. The van der Waals surface area contributed by atoms with Crippen LogP contribution in [0.25, 0.3) is 0 Å². The lowest BCUT2D eigenvalue weighted by Gasteiger charge is -2.59. The van der Waals surface area contributed by atoms with Gasteiger partial charge in [-0.05, 0) is 106 Å². The Balaban J connectivity index is 1.32. The first kappa shape index (κ1) is 21.1. The third-order valence-corrected chi connectivity index (χ3v) is 11.4. The van der Waals surface area contributed by atoms with Crippen LogP contribution in [0.2, 0.25) is 0 Å². The van der Waals surface area contributed by atoms with E-state index in [-0.39, 0.29) is 23.5 Å². The molecule has 2 aliphatic heterocycles. The van der Waals surface area contributed by atoms with Crippen LogP contribution < -0.4 is 0 Å². The Hall–Kier alpha value is -0.420. The van der Waals surface area contributed by atoms with Crippen molar-refractivity contribution >= 4 is 0 Å². The van der Waals surface area contributed by atoms with E-state index in [1.54, 1.807) is 11.1 Å². The lowest BCUT2D eigenvalue weighted by atomic mass is 9.56. The predicted octanol–water partition coefficient (Wildman–Crippen LogP) is 3.74. The Bertz CT molecular complexity index is 776. The number of fused-ring (bicyclic) bond motifs is 7. The highest BCUT2D eigenvalue weighted by atomic mass is 16.3.